The second kappa shape index (κ2) is 5.65. The molecule has 26 heavy (non-hydrogen) atoms. The number of H-pyrrole nitrogens is 1. The number of hydrogen-bond acceptors (Lipinski definition) is 3. The van der Waals surface area contributed by atoms with Crippen molar-refractivity contribution in [3.05, 3.63) is 54.0 Å². The first kappa shape index (κ1) is 16.2. The molecule has 0 fully saturated rings. The van der Waals surface area contributed by atoms with Crippen molar-refractivity contribution >= 4 is 33.6 Å². The highest BCUT2D eigenvalue weighted by Gasteiger charge is 2.31. The number of aromatic amines is 1. The van der Waals surface area contributed by atoms with E-state index in [2.05, 4.69) is 20.7 Å². The minimum absolute atomic E-state index is 0.183. The lowest BCUT2D eigenvalue weighted by atomic mass is 10.2. The zero-order chi connectivity index (χ0) is 18.5. The average Bonchev–Trinajstić information content (AvgIpc) is 3.14. The Labute approximate surface area is 144 Å². The Morgan fingerprint density at radius 1 is 1.12 bits per heavy atom. The van der Waals surface area contributed by atoms with Crippen molar-refractivity contribution in [2.24, 2.45) is 0 Å². The molecule has 0 saturated heterocycles. The predicted molar refractivity (Wildman–Crippen MR) is 91.6 cm³/mol. The Morgan fingerprint density at radius 2 is 1.92 bits per heavy atom. The number of benzene rings is 2. The van der Waals surface area contributed by atoms with E-state index < -0.39 is 17.6 Å². The number of fused-ring (bicyclic) bond motifs is 2. The van der Waals surface area contributed by atoms with Crippen molar-refractivity contribution in [2.75, 3.05) is 17.8 Å². The van der Waals surface area contributed by atoms with Gasteiger partial charge in [0.25, 0.3) is 0 Å². The van der Waals surface area contributed by atoms with E-state index in [9.17, 15) is 17.6 Å². The maximum absolute atomic E-state index is 13.5. The third-order valence-corrected chi connectivity index (χ3v) is 4.10. The van der Waals surface area contributed by atoms with Gasteiger partial charge in [0.2, 0.25) is 5.95 Å². The summed E-state index contributed by atoms with van der Waals surface area (Å²) >= 11 is 0. The summed E-state index contributed by atoms with van der Waals surface area (Å²) in [5, 5.41) is 3.64. The Bertz CT molecular complexity index is 1110. The van der Waals surface area contributed by atoms with E-state index in [-0.39, 0.29) is 11.5 Å². The Morgan fingerprint density at radius 3 is 2.65 bits per heavy atom. The van der Waals surface area contributed by atoms with Gasteiger partial charge < -0.3 is 15.7 Å². The summed E-state index contributed by atoms with van der Waals surface area (Å²) < 4.78 is 53.8. The largest absolute Gasteiger partial charge is 0.416 e. The molecule has 0 amide bonds. The fourth-order valence-corrected chi connectivity index (χ4v) is 2.88. The number of alkyl halides is 3. The van der Waals surface area contributed by atoms with E-state index in [1.165, 1.54) is 22.9 Å². The van der Waals surface area contributed by atoms with Gasteiger partial charge in [0.15, 0.2) is 0 Å². The van der Waals surface area contributed by atoms with Gasteiger partial charge in [0.05, 0.1) is 22.3 Å². The van der Waals surface area contributed by atoms with Gasteiger partial charge in [-0.2, -0.15) is 13.2 Å². The molecule has 0 saturated carbocycles. The zero-order valence-electron chi connectivity index (χ0n) is 13.4. The summed E-state index contributed by atoms with van der Waals surface area (Å²) in [4.78, 5) is 7.24. The molecule has 4 aromatic rings. The molecule has 2 aromatic heterocycles. The quantitative estimate of drug-likeness (QED) is 0.467. The van der Waals surface area contributed by atoms with E-state index in [0.717, 1.165) is 17.6 Å². The summed E-state index contributed by atoms with van der Waals surface area (Å²) in [5.74, 6) is -0.107. The van der Waals surface area contributed by atoms with Crippen molar-refractivity contribution < 1.29 is 17.6 Å². The van der Waals surface area contributed by atoms with Gasteiger partial charge in [-0.05, 0) is 36.4 Å². The molecular weight excluding hydrogens is 350 g/mol. The molecule has 0 aliphatic heterocycles. The molecule has 0 radical (unpaired) electrons. The maximum atomic E-state index is 13.5. The van der Waals surface area contributed by atoms with Gasteiger partial charge in [0.1, 0.15) is 5.82 Å². The first-order valence-corrected chi connectivity index (χ1v) is 7.68. The van der Waals surface area contributed by atoms with Gasteiger partial charge in [-0.15, -0.1) is 0 Å². The molecular formula is C17H13F4N5. The molecule has 4 rings (SSSR count). The molecule has 134 valence electrons. The minimum atomic E-state index is -4.44. The topological polar surface area (TPSA) is 57.7 Å². The standard InChI is InChI=1S/C17H13F4N5/c1-22-26-15-5-2-9(17(19,20)21)6-13(15)24-16(26)25-14-8-23-12-4-3-10(18)7-11(12)14/h2-8,22-23H,1H3,(H,24,25). The molecule has 3 N–H and O–H groups in total. The summed E-state index contributed by atoms with van der Waals surface area (Å²) in [6.07, 6.45) is -2.80. The van der Waals surface area contributed by atoms with Crippen molar-refractivity contribution in [3.8, 4) is 0 Å². The molecule has 0 spiro atoms. The van der Waals surface area contributed by atoms with Crippen LogP contribution < -0.4 is 10.7 Å². The van der Waals surface area contributed by atoms with Gasteiger partial charge in [-0.3, -0.25) is 0 Å². The zero-order valence-corrected chi connectivity index (χ0v) is 13.4. The summed E-state index contributed by atoms with van der Waals surface area (Å²) in [6.45, 7) is 0. The van der Waals surface area contributed by atoms with Crippen LogP contribution in [0.5, 0.6) is 0 Å². The molecule has 0 aliphatic carbocycles. The van der Waals surface area contributed by atoms with Crippen LogP contribution in [0.15, 0.2) is 42.6 Å². The summed E-state index contributed by atoms with van der Waals surface area (Å²) in [5.41, 5.74) is 4.05. The van der Waals surface area contributed by atoms with Crippen LogP contribution in [0.1, 0.15) is 5.56 Å². The second-order valence-electron chi connectivity index (χ2n) is 5.71. The lowest BCUT2D eigenvalue weighted by molar-refractivity contribution is -0.137. The molecule has 0 aliphatic rings. The number of rotatable bonds is 3. The Kier molecular flexibility index (Phi) is 3.53. The number of imidazole rings is 1. The van der Waals surface area contributed by atoms with Crippen molar-refractivity contribution in [1.29, 1.82) is 0 Å². The Hall–Kier alpha value is -3.23. The molecule has 0 atom stereocenters. The summed E-state index contributed by atoms with van der Waals surface area (Å²) in [7, 11) is 1.62. The highest BCUT2D eigenvalue weighted by molar-refractivity contribution is 5.94. The number of aromatic nitrogens is 3. The molecule has 2 heterocycles. The number of nitrogens with one attached hydrogen (secondary N) is 3. The number of anilines is 2. The smallest absolute Gasteiger partial charge is 0.359 e. The van der Waals surface area contributed by atoms with Gasteiger partial charge in [-0.1, -0.05) is 0 Å². The van der Waals surface area contributed by atoms with Crippen LogP contribution in [0.2, 0.25) is 0 Å². The molecule has 9 heteroatoms. The number of nitrogens with zero attached hydrogens (tertiary/aromatic N) is 2. The van der Waals surface area contributed by atoms with Crippen molar-refractivity contribution in [2.45, 2.75) is 6.18 Å². The normalized spacial score (nSPS) is 12.0. The monoisotopic (exact) mass is 363 g/mol. The number of halogens is 4. The maximum Gasteiger partial charge on any atom is 0.416 e. The van der Waals surface area contributed by atoms with E-state index in [1.807, 2.05) is 0 Å². The average molecular weight is 363 g/mol. The van der Waals surface area contributed by atoms with Gasteiger partial charge in [-0.25, -0.2) is 14.1 Å². The fraction of sp³-hybridized carbons (Fsp3) is 0.118. The van der Waals surface area contributed by atoms with Crippen LogP contribution >= 0.6 is 0 Å². The van der Waals surface area contributed by atoms with Gasteiger partial charge in [0, 0.05) is 24.1 Å². The van der Waals surface area contributed by atoms with Crippen LogP contribution in [0, 0.1) is 5.82 Å². The first-order valence-electron chi connectivity index (χ1n) is 7.68. The fourth-order valence-electron chi connectivity index (χ4n) is 2.88. The lowest BCUT2D eigenvalue weighted by Crippen LogP contribution is -2.12. The van der Waals surface area contributed by atoms with E-state index in [0.29, 0.717) is 16.6 Å². The van der Waals surface area contributed by atoms with E-state index in [1.54, 1.807) is 19.3 Å². The van der Waals surface area contributed by atoms with E-state index >= 15 is 0 Å². The van der Waals surface area contributed by atoms with Crippen LogP contribution in [0.25, 0.3) is 21.9 Å². The molecule has 0 bridgehead atoms. The SMILES string of the molecule is CNn1c(Nc2c[nH]c3ccc(F)cc23)nc2cc(C(F)(F)F)ccc21. The van der Waals surface area contributed by atoms with Gasteiger partial charge >= 0.3 is 6.18 Å². The molecule has 2 aromatic carbocycles. The van der Waals surface area contributed by atoms with Crippen LogP contribution in [-0.4, -0.2) is 21.7 Å². The van der Waals surface area contributed by atoms with Crippen molar-refractivity contribution in [3.63, 3.8) is 0 Å². The Balaban J connectivity index is 1.81. The third kappa shape index (κ3) is 2.61. The summed E-state index contributed by atoms with van der Waals surface area (Å²) in [6, 6.07) is 7.65. The highest BCUT2D eigenvalue weighted by Crippen LogP contribution is 2.33. The van der Waals surface area contributed by atoms with E-state index in [4.69, 9.17) is 0 Å². The minimum Gasteiger partial charge on any atom is -0.359 e. The number of hydrogen-bond donors (Lipinski definition) is 3. The molecule has 0 unspecified atom stereocenters. The van der Waals surface area contributed by atoms with Crippen molar-refractivity contribution in [1.82, 2.24) is 14.6 Å². The predicted octanol–water partition coefficient (Wildman–Crippen LogP) is 4.59. The first-order chi connectivity index (χ1) is 12.4. The third-order valence-electron chi connectivity index (χ3n) is 4.10. The highest BCUT2D eigenvalue weighted by atomic mass is 19.4. The lowest BCUT2D eigenvalue weighted by Gasteiger charge is -2.09. The van der Waals surface area contributed by atoms with Crippen LogP contribution in [0.4, 0.5) is 29.2 Å². The van der Waals surface area contributed by atoms with Crippen LogP contribution in [0.3, 0.4) is 0 Å². The van der Waals surface area contributed by atoms with Crippen LogP contribution in [-0.2, 0) is 6.18 Å². The molecule has 5 nitrogen and oxygen atoms in total. The second-order valence-corrected chi connectivity index (χ2v) is 5.71.